The predicted molar refractivity (Wildman–Crippen MR) is 35.1 cm³/mol. The van der Waals surface area contributed by atoms with Gasteiger partial charge in [-0.3, -0.25) is 4.52 Å². The van der Waals surface area contributed by atoms with E-state index in [1.54, 1.807) is 0 Å². The lowest BCUT2D eigenvalue weighted by molar-refractivity contribution is 0.229. The van der Waals surface area contributed by atoms with Gasteiger partial charge in [-0.05, 0) is 12.2 Å². The maximum atomic E-state index is 9.66. The Morgan fingerprint density at radius 1 is 1.88 bits per heavy atom. The minimum atomic E-state index is -0.438. The summed E-state index contributed by atoms with van der Waals surface area (Å²) >= 11 is 3.89. The molecule has 0 fully saturated rings. The third kappa shape index (κ3) is 4.53. The van der Waals surface area contributed by atoms with Crippen molar-refractivity contribution in [2.45, 2.75) is 12.6 Å². The Hall–Kier alpha value is 0.370. The zero-order chi connectivity index (χ0) is 6.41. The molecule has 0 heterocycles. The summed E-state index contributed by atoms with van der Waals surface area (Å²) in [5.41, 5.74) is 5.22. The van der Waals surface area contributed by atoms with Gasteiger partial charge in [-0.1, -0.05) is 0 Å². The summed E-state index contributed by atoms with van der Waals surface area (Å²) in [7, 11) is -0.360. The Morgan fingerprint density at radius 3 is 2.88 bits per heavy atom. The lowest BCUT2D eigenvalue weighted by Crippen LogP contribution is -2.20. The molecule has 0 amide bonds. The van der Waals surface area contributed by atoms with Gasteiger partial charge in [0.2, 0.25) is 0 Å². The van der Waals surface area contributed by atoms with E-state index in [2.05, 4.69) is 17.2 Å². The number of hydrogen-bond acceptors (Lipinski definition) is 4. The van der Waals surface area contributed by atoms with Crippen molar-refractivity contribution in [2.24, 2.45) is 5.73 Å². The highest BCUT2D eigenvalue weighted by Crippen LogP contribution is 2.01. The van der Waals surface area contributed by atoms with Crippen LogP contribution in [0.25, 0.3) is 0 Å². The first-order valence-electron chi connectivity index (χ1n) is 2.16. The third-order valence-corrected chi connectivity index (χ3v) is 1.21. The molecule has 0 saturated carbocycles. The van der Waals surface area contributed by atoms with E-state index in [0.29, 0.717) is 12.2 Å². The number of thiol groups is 1. The van der Waals surface area contributed by atoms with Crippen LogP contribution in [0.3, 0.4) is 0 Å². The highest BCUT2D eigenvalue weighted by molar-refractivity contribution is 7.80. The van der Waals surface area contributed by atoms with E-state index in [0.717, 1.165) is 0 Å². The Morgan fingerprint density at radius 2 is 2.50 bits per heavy atom. The van der Waals surface area contributed by atoms with Gasteiger partial charge in [-0.15, -0.1) is 0 Å². The predicted octanol–water partition coefficient (Wildman–Crippen LogP) is 0.814. The normalized spacial score (nSPS) is 14.2. The van der Waals surface area contributed by atoms with E-state index < -0.39 is 6.23 Å². The Kier molecular flexibility index (Phi) is 5.76. The van der Waals surface area contributed by atoms with Gasteiger partial charge >= 0.3 is 8.69 Å². The molecule has 0 spiro atoms. The fraction of sp³-hybridized carbons (Fsp3) is 1.00. The zero-order valence-corrected chi connectivity index (χ0v) is 6.07. The van der Waals surface area contributed by atoms with Crippen LogP contribution in [0, 0.1) is 0 Å². The van der Waals surface area contributed by atoms with E-state index in [9.17, 15) is 4.57 Å². The van der Waals surface area contributed by atoms with Crippen molar-refractivity contribution in [3.8, 4) is 0 Å². The SMILES string of the molecule is NC(CCS)OP=O. The smallest absolute Gasteiger partial charge is 0.305 e. The summed E-state index contributed by atoms with van der Waals surface area (Å²) in [6.45, 7) is 0. The first-order valence-corrected chi connectivity index (χ1v) is 3.52. The van der Waals surface area contributed by atoms with Crippen LogP contribution in [-0.4, -0.2) is 12.0 Å². The minimum absolute atomic E-state index is 0.360. The molecule has 5 heteroatoms. The molecule has 0 radical (unpaired) electrons. The van der Waals surface area contributed by atoms with Crippen molar-refractivity contribution in [3.63, 3.8) is 0 Å². The molecule has 1 atom stereocenters. The van der Waals surface area contributed by atoms with Crippen LogP contribution in [-0.2, 0) is 9.09 Å². The summed E-state index contributed by atoms with van der Waals surface area (Å²) in [6, 6.07) is 0. The third-order valence-electron chi connectivity index (χ3n) is 0.592. The van der Waals surface area contributed by atoms with Crippen molar-refractivity contribution in [1.82, 2.24) is 0 Å². The van der Waals surface area contributed by atoms with Gasteiger partial charge in [-0.2, -0.15) is 12.6 Å². The number of nitrogens with two attached hydrogens (primary N) is 1. The van der Waals surface area contributed by atoms with Crippen molar-refractivity contribution in [2.75, 3.05) is 5.75 Å². The molecule has 0 bridgehead atoms. The molecule has 0 aliphatic carbocycles. The fourth-order valence-electron chi connectivity index (χ4n) is 0.235. The molecular weight excluding hydrogens is 145 g/mol. The van der Waals surface area contributed by atoms with Crippen LogP contribution < -0.4 is 5.73 Å². The highest BCUT2D eigenvalue weighted by Gasteiger charge is 1.97. The topological polar surface area (TPSA) is 52.3 Å². The van der Waals surface area contributed by atoms with Crippen molar-refractivity contribution in [1.29, 1.82) is 0 Å². The molecule has 0 aliphatic heterocycles. The maximum Gasteiger partial charge on any atom is 0.328 e. The van der Waals surface area contributed by atoms with Crippen molar-refractivity contribution in [3.05, 3.63) is 0 Å². The second kappa shape index (κ2) is 5.51. The molecule has 1 unspecified atom stereocenters. The summed E-state index contributed by atoms with van der Waals surface area (Å²) in [6.07, 6.45) is 0.185. The van der Waals surface area contributed by atoms with E-state index in [4.69, 9.17) is 5.73 Å². The van der Waals surface area contributed by atoms with Gasteiger partial charge in [0, 0.05) is 0 Å². The van der Waals surface area contributed by atoms with E-state index in [1.165, 1.54) is 0 Å². The molecule has 0 saturated heterocycles. The summed E-state index contributed by atoms with van der Waals surface area (Å²) in [4.78, 5) is 0. The number of rotatable bonds is 4. The molecule has 0 rings (SSSR count). The lowest BCUT2D eigenvalue weighted by Gasteiger charge is -2.01. The quantitative estimate of drug-likeness (QED) is 0.357. The van der Waals surface area contributed by atoms with Crippen LogP contribution >= 0.6 is 21.3 Å². The monoisotopic (exact) mass is 153 g/mol. The highest BCUT2D eigenvalue weighted by atomic mass is 32.1. The zero-order valence-electron chi connectivity index (χ0n) is 4.28. The summed E-state index contributed by atoms with van der Waals surface area (Å²) < 4.78 is 14.1. The summed E-state index contributed by atoms with van der Waals surface area (Å²) in [5, 5.41) is 0. The van der Waals surface area contributed by atoms with E-state index in [1.807, 2.05) is 0 Å². The molecule has 8 heavy (non-hydrogen) atoms. The largest absolute Gasteiger partial charge is 0.328 e. The Bertz CT molecular complexity index is 72.3. The number of hydrogen-bond donors (Lipinski definition) is 2. The first kappa shape index (κ1) is 8.37. The molecule has 0 aliphatic rings. The van der Waals surface area contributed by atoms with Crippen molar-refractivity contribution >= 4 is 21.3 Å². The average molecular weight is 153 g/mol. The first-order chi connectivity index (χ1) is 3.81. The average Bonchev–Trinajstić information content (AvgIpc) is 1.68. The molecular formula is C3H8NO2PS. The molecule has 0 aromatic rings. The standard InChI is InChI=1S/C3H8NO2PS/c4-3(1-2-8)6-7-5/h3,8H,1-2,4H2. The summed E-state index contributed by atoms with van der Waals surface area (Å²) in [5.74, 6) is 0.649. The van der Waals surface area contributed by atoms with Crippen LogP contribution in [0.5, 0.6) is 0 Å². The van der Waals surface area contributed by atoms with Gasteiger partial charge < -0.3 is 5.73 Å². The van der Waals surface area contributed by atoms with Gasteiger partial charge in [0.1, 0.15) is 6.23 Å². The lowest BCUT2D eigenvalue weighted by atomic mass is 10.4. The van der Waals surface area contributed by atoms with Crippen LogP contribution in [0.4, 0.5) is 0 Å². The second-order valence-electron chi connectivity index (χ2n) is 1.23. The van der Waals surface area contributed by atoms with Gasteiger partial charge in [0.15, 0.2) is 0 Å². The molecule has 2 N–H and O–H groups in total. The maximum absolute atomic E-state index is 9.66. The van der Waals surface area contributed by atoms with Gasteiger partial charge in [0.05, 0.1) is 0 Å². The van der Waals surface area contributed by atoms with Gasteiger partial charge in [-0.25, -0.2) is 4.57 Å². The van der Waals surface area contributed by atoms with E-state index >= 15 is 0 Å². The Balaban J connectivity index is 3.03. The van der Waals surface area contributed by atoms with E-state index in [-0.39, 0.29) is 8.69 Å². The molecule has 48 valence electrons. The molecule has 0 aromatic heterocycles. The molecule has 0 aromatic carbocycles. The second-order valence-corrected chi connectivity index (χ2v) is 2.04. The minimum Gasteiger partial charge on any atom is -0.305 e. The van der Waals surface area contributed by atoms with Crippen LogP contribution in [0.2, 0.25) is 0 Å². The van der Waals surface area contributed by atoms with Gasteiger partial charge in [0.25, 0.3) is 0 Å². The van der Waals surface area contributed by atoms with Crippen LogP contribution in [0.1, 0.15) is 6.42 Å². The van der Waals surface area contributed by atoms with Crippen LogP contribution in [0.15, 0.2) is 0 Å². The fourth-order valence-corrected chi connectivity index (χ4v) is 0.706. The van der Waals surface area contributed by atoms with Crippen molar-refractivity contribution < 1.29 is 9.09 Å². The Labute approximate surface area is 55.3 Å². The molecule has 3 nitrogen and oxygen atoms in total.